The Labute approximate surface area is 272 Å². The number of anilines is 2. The lowest BCUT2D eigenvalue weighted by Crippen LogP contribution is -2.38. The molecule has 4 aromatic carbocycles. The zero-order chi connectivity index (χ0) is 31.7. The van der Waals surface area contributed by atoms with E-state index in [0.717, 1.165) is 27.5 Å². The van der Waals surface area contributed by atoms with Gasteiger partial charge in [-0.25, -0.2) is 9.78 Å². The predicted molar refractivity (Wildman–Crippen MR) is 180 cm³/mol. The van der Waals surface area contributed by atoms with Gasteiger partial charge in [0.25, 0.3) is 0 Å². The molecule has 2 heterocycles. The number of thioether (sulfide) groups is 1. The van der Waals surface area contributed by atoms with Crippen LogP contribution in [0.15, 0.2) is 133 Å². The number of benzene rings is 4. The number of aliphatic hydroxyl groups is 1. The minimum absolute atomic E-state index is 0.00909. The molecule has 8 nitrogen and oxygen atoms in total. The summed E-state index contributed by atoms with van der Waals surface area (Å²) in [5.41, 5.74) is 3.99. The molecule has 0 radical (unpaired) electrons. The first-order valence-electron chi connectivity index (χ1n) is 15.1. The van der Waals surface area contributed by atoms with Gasteiger partial charge in [0, 0.05) is 34.8 Å². The number of aliphatic hydroxyl groups excluding tert-OH is 1. The zero-order valence-corrected chi connectivity index (χ0v) is 26.1. The summed E-state index contributed by atoms with van der Waals surface area (Å²) >= 11 is 1.66. The van der Waals surface area contributed by atoms with Gasteiger partial charge in [-0.3, -0.25) is 0 Å². The summed E-state index contributed by atoms with van der Waals surface area (Å²) in [4.78, 5) is 17.2. The highest BCUT2D eigenvalue weighted by atomic mass is 32.2. The average molecular weight is 634 g/mol. The summed E-state index contributed by atoms with van der Waals surface area (Å²) in [6.07, 6.45) is 0.862. The largest absolute Gasteiger partial charge is 0.457 e. The van der Waals surface area contributed by atoms with E-state index < -0.39 is 6.29 Å². The molecule has 1 fully saturated rings. The van der Waals surface area contributed by atoms with Crippen LogP contribution in [-0.2, 0) is 16.1 Å². The molecule has 234 valence electrons. The maximum absolute atomic E-state index is 12.7. The smallest absolute Gasteiger partial charge is 0.323 e. The predicted octanol–water partition coefficient (Wildman–Crippen LogP) is 8.59. The van der Waals surface area contributed by atoms with Gasteiger partial charge in [0.1, 0.15) is 11.5 Å². The number of carbonyl (C=O) groups excluding carboxylic acids is 1. The van der Waals surface area contributed by atoms with Gasteiger partial charge in [0.05, 0.1) is 23.8 Å². The van der Waals surface area contributed by atoms with Crippen molar-refractivity contribution >= 4 is 29.2 Å². The number of ether oxygens (including phenoxy) is 3. The Hall–Kier alpha value is -4.67. The minimum atomic E-state index is -0.604. The van der Waals surface area contributed by atoms with Gasteiger partial charge in [-0.1, -0.05) is 67.6 Å². The van der Waals surface area contributed by atoms with Crippen molar-refractivity contribution in [3.05, 3.63) is 144 Å². The number of urea groups is 1. The van der Waals surface area contributed by atoms with Crippen LogP contribution in [0.3, 0.4) is 0 Å². The van der Waals surface area contributed by atoms with E-state index in [1.807, 2.05) is 97.1 Å². The molecule has 0 aliphatic carbocycles. The van der Waals surface area contributed by atoms with Crippen LogP contribution in [0.25, 0.3) is 0 Å². The van der Waals surface area contributed by atoms with Crippen LogP contribution >= 0.6 is 11.8 Å². The van der Waals surface area contributed by atoms with Crippen LogP contribution in [-0.4, -0.2) is 28.0 Å². The van der Waals surface area contributed by atoms with Crippen LogP contribution in [0.1, 0.15) is 36.0 Å². The molecule has 5 aromatic rings. The highest BCUT2D eigenvalue weighted by Gasteiger charge is 2.38. The lowest BCUT2D eigenvalue weighted by molar-refractivity contribution is -0.268. The van der Waals surface area contributed by atoms with Crippen LogP contribution in [0, 0.1) is 5.92 Å². The third-order valence-electron chi connectivity index (χ3n) is 7.69. The van der Waals surface area contributed by atoms with Gasteiger partial charge in [-0.2, -0.15) is 0 Å². The second-order valence-corrected chi connectivity index (χ2v) is 12.0. The Balaban J connectivity index is 1.10. The summed E-state index contributed by atoms with van der Waals surface area (Å²) in [7, 11) is 0. The van der Waals surface area contributed by atoms with E-state index in [-0.39, 0.29) is 30.8 Å². The van der Waals surface area contributed by atoms with Crippen molar-refractivity contribution in [2.75, 3.05) is 16.4 Å². The topological polar surface area (TPSA) is 102 Å². The number of carbonyl (C=O) groups is 1. The fraction of sp³-hybridized carbons (Fsp3) is 0.189. The number of amides is 2. The van der Waals surface area contributed by atoms with E-state index in [4.69, 9.17) is 14.2 Å². The van der Waals surface area contributed by atoms with Crippen molar-refractivity contribution in [2.24, 2.45) is 5.92 Å². The van der Waals surface area contributed by atoms with E-state index >= 15 is 0 Å². The maximum atomic E-state index is 12.7. The zero-order valence-electron chi connectivity index (χ0n) is 25.3. The number of nitrogens with one attached hydrogen (secondary N) is 2. The summed E-state index contributed by atoms with van der Waals surface area (Å²) < 4.78 is 18.9. The summed E-state index contributed by atoms with van der Waals surface area (Å²) in [5.74, 6) is 2.20. The molecule has 1 aliphatic rings. The average Bonchev–Trinajstić information content (AvgIpc) is 3.10. The Kier molecular flexibility index (Phi) is 10.3. The molecule has 2 amide bonds. The third-order valence-corrected chi connectivity index (χ3v) is 8.72. The van der Waals surface area contributed by atoms with Crippen molar-refractivity contribution in [3.63, 3.8) is 0 Å². The Bertz CT molecular complexity index is 1690. The van der Waals surface area contributed by atoms with Gasteiger partial charge in [0.15, 0.2) is 6.29 Å². The number of pyridine rings is 1. The van der Waals surface area contributed by atoms with E-state index in [1.165, 1.54) is 0 Å². The van der Waals surface area contributed by atoms with Gasteiger partial charge in [0.2, 0.25) is 0 Å². The summed E-state index contributed by atoms with van der Waals surface area (Å²) in [6, 6.07) is 37.6. The van der Waals surface area contributed by atoms with Crippen molar-refractivity contribution < 1.29 is 24.1 Å². The lowest BCUT2D eigenvalue weighted by atomic mass is 9.91. The molecule has 1 aromatic heterocycles. The summed E-state index contributed by atoms with van der Waals surface area (Å²) in [5, 5.41) is 16.2. The molecular weight excluding hydrogens is 598 g/mol. The van der Waals surface area contributed by atoms with Crippen molar-refractivity contribution in [1.29, 1.82) is 0 Å². The number of aromatic nitrogens is 1. The lowest BCUT2D eigenvalue weighted by Gasteiger charge is -2.41. The highest BCUT2D eigenvalue weighted by Crippen LogP contribution is 2.43. The Morgan fingerprint density at radius 1 is 0.783 bits per heavy atom. The molecule has 0 spiro atoms. The molecule has 0 unspecified atom stereocenters. The molecule has 1 aliphatic heterocycles. The van der Waals surface area contributed by atoms with Crippen molar-refractivity contribution in [3.8, 4) is 11.5 Å². The minimum Gasteiger partial charge on any atom is -0.457 e. The molecule has 0 bridgehead atoms. The van der Waals surface area contributed by atoms with Crippen LogP contribution < -0.4 is 15.4 Å². The molecule has 46 heavy (non-hydrogen) atoms. The monoisotopic (exact) mass is 633 g/mol. The molecule has 4 atom stereocenters. The fourth-order valence-corrected chi connectivity index (χ4v) is 6.19. The van der Waals surface area contributed by atoms with E-state index in [1.54, 1.807) is 42.2 Å². The number of rotatable bonds is 10. The van der Waals surface area contributed by atoms with Crippen LogP contribution in [0.5, 0.6) is 11.5 Å². The maximum Gasteiger partial charge on any atom is 0.323 e. The van der Waals surface area contributed by atoms with Crippen LogP contribution in [0.4, 0.5) is 16.2 Å². The third kappa shape index (κ3) is 8.13. The first-order valence-corrected chi connectivity index (χ1v) is 16.1. The Morgan fingerprint density at radius 2 is 1.41 bits per heavy atom. The fourth-order valence-electron chi connectivity index (χ4n) is 5.16. The normalized spacial score (nSPS) is 19.3. The molecule has 9 heteroatoms. The summed E-state index contributed by atoms with van der Waals surface area (Å²) in [6.45, 7) is 2.13. The van der Waals surface area contributed by atoms with Crippen molar-refractivity contribution in [2.45, 2.75) is 37.1 Å². The van der Waals surface area contributed by atoms with Gasteiger partial charge in [-0.15, -0.1) is 11.8 Å². The molecule has 1 saturated heterocycles. The van der Waals surface area contributed by atoms with Gasteiger partial charge in [-0.05, 0) is 71.8 Å². The van der Waals surface area contributed by atoms with E-state index in [9.17, 15) is 9.90 Å². The number of para-hydroxylation sites is 1. The van der Waals surface area contributed by atoms with Crippen LogP contribution in [0.2, 0.25) is 0 Å². The molecule has 0 saturated carbocycles. The van der Waals surface area contributed by atoms with E-state index in [2.05, 4.69) is 22.5 Å². The van der Waals surface area contributed by atoms with Gasteiger partial charge >= 0.3 is 6.03 Å². The Morgan fingerprint density at radius 3 is 2.07 bits per heavy atom. The number of hydrogen-bond donors (Lipinski definition) is 3. The number of hydrogen-bond acceptors (Lipinski definition) is 7. The molecule has 3 N–H and O–H groups in total. The van der Waals surface area contributed by atoms with E-state index in [0.29, 0.717) is 22.9 Å². The molecular formula is C37H35N3O5S. The number of nitrogens with zero attached hydrogens (tertiary/aromatic N) is 1. The van der Waals surface area contributed by atoms with Crippen molar-refractivity contribution in [1.82, 2.24) is 4.98 Å². The highest BCUT2D eigenvalue weighted by molar-refractivity contribution is 7.99. The first kappa shape index (κ1) is 31.3. The SMILES string of the molecule is C[C@@H]1[C@H](CSc2ccccn2)O[C@H](c2ccc(NC(=O)Nc3ccc(Oc4ccccc4)cc3)cc2)O[C@@H]1c1ccc(CO)cc1. The van der Waals surface area contributed by atoms with Gasteiger partial charge < -0.3 is 30.0 Å². The second kappa shape index (κ2) is 15.1. The first-order chi connectivity index (χ1) is 22.5. The second-order valence-electron chi connectivity index (χ2n) is 10.9. The molecule has 6 rings (SSSR count). The quantitative estimate of drug-likeness (QED) is 0.132. The standard InChI is InChI=1S/C37H35N3O5S/c1-25-33(24-46-34-9-5-6-22-38-34)44-36(45-35(25)27-12-10-26(23-41)11-13-27)28-14-16-29(17-15-28)39-37(42)40-30-18-20-32(21-19-30)43-31-7-3-2-4-8-31/h2-22,25,33,35-36,41H,23-24H2,1H3,(H2,39,40,42)/t25-,33+,35+,36+/m1/s1.